The van der Waals surface area contributed by atoms with E-state index in [9.17, 15) is 18.3 Å². The van der Waals surface area contributed by atoms with E-state index in [0.29, 0.717) is 16.0 Å². The molecule has 0 fully saturated rings. The van der Waals surface area contributed by atoms with Crippen molar-refractivity contribution >= 4 is 32.3 Å². The standard InChI is InChI=1S/C21H19NO4S/c1-12-5-7-18-16(8-12)21(14(3)22(18)10-20(23)24)17-11-27(25,26)19-9-13(2)4-6-15(17)19/h4-9,11H,10H2,1-3H3,(H,23,24). The molecule has 1 aromatic heterocycles. The van der Waals surface area contributed by atoms with Crippen LogP contribution in [0.4, 0.5) is 0 Å². The highest BCUT2D eigenvalue weighted by Gasteiger charge is 2.31. The molecule has 2 aromatic carbocycles. The lowest BCUT2D eigenvalue weighted by atomic mass is 9.96. The lowest BCUT2D eigenvalue weighted by molar-refractivity contribution is -0.137. The summed E-state index contributed by atoms with van der Waals surface area (Å²) in [5, 5.41) is 11.5. The number of sulfone groups is 1. The Morgan fingerprint density at radius 3 is 2.41 bits per heavy atom. The molecule has 0 unspecified atom stereocenters. The Labute approximate surface area is 157 Å². The van der Waals surface area contributed by atoms with Crippen LogP contribution < -0.4 is 0 Å². The van der Waals surface area contributed by atoms with Crippen molar-refractivity contribution in [3.8, 4) is 0 Å². The largest absolute Gasteiger partial charge is 0.480 e. The van der Waals surface area contributed by atoms with Gasteiger partial charge >= 0.3 is 5.97 Å². The highest BCUT2D eigenvalue weighted by Crippen LogP contribution is 2.42. The van der Waals surface area contributed by atoms with E-state index < -0.39 is 15.8 Å². The molecule has 3 aromatic rings. The molecule has 0 aliphatic carbocycles. The first-order valence-electron chi connectivity index (χ1n) is 8.58. The number of rotatable bonds is 3. The zero-order valence-electron chi connectivity index (χ0n) is 15.3. The second-order valence-corrected chi connectivity index (χ2v) is 8.80. The molecule has 0 spiro atoms. The Morgan fingerprint density at radius 1 is 1.04 bits per heavy atom. The number of fused-ring (bicyclic) bond motifs is 2. The quantitative estimate of drug-likeness (QED) is 0.748. The summed E-state index contributed by atoms with van der Waals surface area (Å²) >= 11 is 0. The maximum Gasteiger partial charge on any atom is 0.323 e. The fourth-order valence-electron chi connectivity index (χ4n) is 3.84. The van der Waals surface area contributed by atoms with Gasteiger partial charge in [-0.05, 0) is 44.5 Å². The lowest BCUT2D eigenvalue weighted by Crippen LogP contribution is -2.10. The highest BCUT2D eigenvalue weighted by atomic mass is 32.2. The second-order valence-electron chi connectivity index (χ2n) is 7.04. The van der Waals surface area contributed by atoms with Gasteiger partial charge in [0.25, 0.3) is 0 Å². The zero-order valence-corrected chi connectivity index (χ0v) is 16.1. The summed E-state index contributed by atoms with van der Waals surface area (Å²) in [5.74, 6) is -0.939. The number of aryl methyl sites for hydroxylation is 2. The first kappa shape index (κ1) is 17.5. The summed E-state index contributed by atoms with van der Waals surface area (Å²) < 4.78 is 27.1. The molecule has 138 valence electrons. The van der Waals surface area contributed by atoms with Gasteiger partial charge in [0.2, 0.25) is 9.84 Å². The van der Waals surface area contributed by atoms with Gasteiger partial charge in [-0.3, -0.25) is 4.79 Å². The van der Waals surface area contributed by atoms with Gasteiger partial charge in [0.1, 0.15) is 6.54 Å². The average Bonchev–Trinajstić information content (AvgIpc) is 2.98. The molecule has 6 heteroatoms. The van der Waals surface area contributed by atoms with E-state index in [1.807, 2.05) is 51.1 Å². The lowest BCUT2D eigenvalue weighted by Gasteiger charge is -2.08. The molecular formula is C21H19NO4S. The first-order chi connectivity index (χ1) is 12.7. The van der Waals surface area contributed by atoms with E-state index in [1.165, 1.54) is 5.41 Å². The fraction of sp³-hybridized carbons (Fsp3) is 0.190. The van der Waals surface area contributed by atoms with Crippen molar-refractivity contribution < 1.29 is 18.3 Å². The Morgan fingerprint density at radius 2 is 1.70 bits per heavy atom. The van der Waals surface area contributed by atoms with Crippen LogP contribution in [0.3, 0.4) is 0 Å². The van der Waals surface area contributed by atoms with Crippen LogP contribution in [-0.2, 0) is 21.2 Å². The van der Waals surface area contributed by atoms with Gasteiger partial charge in [0.15, 0.2) is 0 Å². The van der Waals surface area contributed by atoms with Gasteiger partial charge in [-0.15, -0.1) is 0 Å². The van der Waals surface area contributed by atoms with E-state index in [1.54, 1.807) is 10.6 Å². The molecule has 27 heavy (non-hydrogen) atoms. The number of benzene rings is 2. The van der Waals surface area contributed by atoms with Gasteiger partial charge in [0.05, 0.1) is 4.90 Å². The van der Waals surface area contributed by atoms with Crippen molar-refractivity contribution in [1.82, 2.24) is 4.57 Å². The number of hydrogen-bond donors (Lipinski definition) is 1. The molecule has 0 atom stereocenters. The summed E-state index contributed by atoms with van der Waals surface area (Å²) in [5.41, 5.74) is 5.51. The third-order valence-corrected chi connectivity index (χ3v) is 6.55. The normalized spacial score (nSPS) is 15.0. The minimum atomic E-state index is -3.52. The monoisotopic (exact) mass is 381 g/mol. The number of carboxylic acids is 1. The molecule has 4 rings (SSSR count). The zero-order chi connectivity index (χ0) is 19.5. The Kier molecular flexibility index (Phi) is 3.78. The minimum Gasteiger partial charge on any atom is -0.480 e. The van der Waals surface area contributed by atoms with Gasteiger partial charge < -0.3 is 9.67 Å². The predicted molar refractivity (Wildman–Crippen MR) is 104 cm³/mol. The third-order valence-electron chi connectivity index (χ3n) is 5.05. The second kappa shape index (κ2) is 5.82. The number of hydrogen-bond acceptors (Lipinski definition) is 3. The number of carbonyl (C=O) groups is 1. The minimum absolute atomic E-state index is 0.174. The van der Waals surface area contributed by atoms with E-state index in [4.69, 9.17) is 0 Å². The molecule has 0 saturated heterocycles. The van der Waals surface area contributed by atoms with Crippen molar-refractivity contribution in [2.24, 2.45) is 0 Å². The molecular weight excluding hydrogens is 362 g/mol. The van der Waals surface area contributed by atoms with Crippen LogP contribution in [-0.4, -0.2) is 24.1 Å². The van der Waals surface area contributed by atoms with Crippen molar-refractivity contribution in [3.05, 3.63) is 69.8 Å². The Balaban J connectivity index is 2.08. The van der Waals surface area contributed by atoms with Gasteiger partial charge in [-0.1, -0.05) is 23.8 Å². The third kappa shape index (κ3) is 2.68. The van der Waals surface area contributed by atoms with Crippen LogP contribution in [0.25, 0.3) is 16.5 Å². The Hall–Kier alpha value is -2.86. The number of aliphatic carboxylic acids is 1. The number of nitrogens with zero attached hydrogens (tertiary/aromatic N) is 1. The topological polar surface area (TPSA) is 76.4 Å². The SMILES string of the molecule is Cc1ccc2c(c1)S(=O)(=O)C=C2c1c(C)n(CC(=O)O)c2ccc(C)cc12. The van der Waals surface area contributed by atoms with E-state index in [0.717, 1.165) is 33.3 Å². The van der Waals surface area contributed by atoms with E-state index in [2.05, 4.69) is 0 Å². The summed E-state index contributed by atoms with van der Waals surface area (Å²) in [6.07, 6.45) is 0. The van der Waals surface area contributed by atoms with Gasteiger partial charge in [0, 0.05) is 38.7 Å². The molecule has 0 radical (unpaired) electrons. The molecule has 1 N–H and O–H groups in total. The molecule has 5 nitrogen and oxygen atoms in total. The fourth-order valence-corrected chi connectivity index (χ4v) is 5.35. The summed E-state index contributed by atoms with van der Waals surface area (Å²) in [6, 6.07) is 11.2. The smallest absolute Gasteiger partial charge is 0.323 e. The van der Waals surface area contributed by atoms with Gasteiger partial charge in [-0.2, -0.15) is 0 Å². The average molecular weight is 381 g/mol. The van der Waals surface area contributed by atoms with E-state index in [-0.39, 0.29) is 6.54 Å². The maximum absolute atomic E-state index is 12.7. The van der Waals surface area contributed by atoms with E-state index >= 15 is 0 Å². The molecule has 1 aliphatic heterocycles. The van der Waals surface area contributed by atoms with Crippen molar-refractivity contribution in [3.63, 3.8) is 0 Å². The van der Waals surface area contributed by atoms with Crippen molar-refractivity contribution in [2.75, 3.05) is 0 Å². The summed E-state index contributed by atoms with van der Waals surface area (Å²) in [4.78, 5) is 11.7. The molecule has 0 saturated carbocycles. The van der Waals surface area contributed by atoms with Crippen LogP contribution >= 0.6 is 0 Å². The Bertz CT molecular complexity index is 1260. The number of carboxylic acid groups (broad SMARTS) is 1. The molecule has 2 heterocycles. The highest BCUT2D eigenvalue weighted by molar-refractivity contribution is 7.95. The van der Waals surface area contributed by atoms with Crippen molar-refractivity contribution in [2.45, 2.75) is 32.2 Å². The number of aromatic nitrogens is 1. The van der Waals surface area contributed by atoms with Crippen LogP contribution in [0.1, 0.15) is 27.9 Å². The first-order valence-corrected chi connectivity index (χ1v) is 10.1. The predicted octanol–water partition coefficient (Wildman–Crippen LogP) is 3.83. The molecule has 0 amide bonds. The summed E-state index contributed by atoms with van der Waals surface area (Å²) in [7, 11) is -3.52. The molecule has 0 bridgehead atoms. The van der Waals surface area contributed by atoms with Crippen LogP contribution in [0.5, 0.6) is 0 Å². The van der Waals surface area contributed by atoms with Crippen LogP contribution in [0.2, 0.25) is 0 Å². The van der Waals surface area contributed by atoms with Gasteiger partial charge in [-0.25, -0.2) is 8.42 Å². The summed E-state index contributed by atoms with van der Waals surface area (Å²) in [6.45, 7) is 5.49. The maximum atomic E-state index is 12.7. The van der Waals surface area contributed by atoms with Crippen LogP contribution in [0, 0.1) is 20.8 Å². The molecule has 1 aliphatic rings. The van der Waals surface area contributed by atoms with Crippen LogP contribution in [0.15, 0.2) is 46.7 Å². The van der Waals surface area contributed by atoms with Crippen molar-refractivity contribution in [1.29, 1.82) is 0 Å².